The number of aromatic nitrogens is 2. The molecular formula is C26H30N2O5S. The molecule has 34 heavy (non-hydrogen) atoms. The van der Waals surface area contributed by atoms with Gasteiger partial charge in [-0.1, -0.05) is 6.92 Å². The Morgan fingerprint density at radius 2 is 1.97 bits per heavy atom. The zero-order valence-electron chi connectivity index (χ0n) is 19.8. The number of esters is 1. The summed E-state index contributed by atoms with van der Waals surface area (Å²) in [6.45, 7) is 5.58. The van der Waals surface area contributed by atoms with E-state index in [2.05, 4.69) is 11.9 Å². The largest absolute Gasteiger partial charge is 0.454 e. The summed E-state index contributed by atoms with van der Waals surface area (Å²) >= 11 is 0. The number of ether oxygens (including phenoxy) is 1. The first-order valence-corrected chi connectivity index (χ1v) is 13.7. The lowest BCUT2D eigenvalue weighted by Gasteiger charge is -2.18. The predicted molar refractivity (Wildman–Crippen MR) is 130 cm³/mol. The summed E-state index contributed by atoms with van der Waals surface area (Å²) in [6, 6.07) is 7.10. The van der Waals surface area contributed by atoms with E-state index in [4.69, 9.17) is 4.74 Å². The molecule has 1 aliphatic heterocycles. The molecule has 7 nitrogen and oxygen atoms in total. The molecule has 1 N–H and O–H groups in total. The number of nitrogens with one attached hydrogen (secondary N) is 1. The Balaban J connectivity index is 1.31. The first-order chi connectivity index (χ1) is 16.1. The summed E-state index contributed by atoms with van der Waals surface area (Å²) in [5.41, 5.74) is 6.01. The molecule has 3 heterocycles. The van der Waals surface area contributed by atoms with Gasteiger partial charge >= 0.3 is 5.97 Å². The Morgan fingerprint density at radius 1 is 1.18 bits per heavy atom. The highest BCUT2D eigenvalue weighted by Crippen LogP contribution is 2.32. The van der Waals surface area contributed by atoms with Crippen LogP contribution in [0.3, 0.4) is 0 Å². The number of sulfone groups is 1. The molecule has 0 spiro atoms. The van der Waals surface area contributed by atoms with Crippen LogP contribution in [0.1, 0.15) is 69.2 Å². The van der Waals surface area contributed by atoms with Gasteiger partial charge in [-0.2, -0.15) is 0 Å². The van der Waals surface area contributed by atoms with Gasteiger partial charge in [-0.25, -0.2) is 13.2 Å². The van der Waals surface area contributed by atoms with Gasteiger partial charge in [0.25, 0.3) is 0 Å². The Morgan fingerprint density at radius 3 is 2.71 bits per heavy atom. The second-order valence-electron chi connectivity index (χ2n) is 9.90. The molecule has 180 valence electrons. The van der Waals surface area contributed by atoms with Crippen molar-refractivity contribution in [1.82, 2.24) is 9.55 Å². The maximum absolute atomic E-state index is 12.9. The summed E-state index contributed by atoms with van der Waals surface area (Å²) < 4.78 is 31.1. The van der Waals surface area contributed by atoms with Crippen LogP contribution in [-0.2, 0) is 27.4 Å². The van der Waals surface area contributed by atoms with E-state index in [1.165, 1.54) is 11.3 Å². The molecule has 2 aliphatic rings. The number of H-pyrrole nitrogens is 1. The van der Waals surface area contributed by atoms with E-state index < -0.39 is 15.8 Å². The zero-order chi connectivity index (χ0) is 24.2. The first-order valence-electron chi connectivity index (χ1n) is 11.9. The molecule has 1 aromatic carbocycles. The number of aromatic amines is 1. The monoisotopic (exact) mass is 482 g/mol. The molecule has 1 aliphatic carbocycles. The van der Waals surface area contributed by atoms with Crippen molar-refractivity contribution in [3.05, 3.63) is 58.0 Å². The number of nitrogens with zero attached hydrogens (tertiary/aromatic N) is 1. The highest BCUT2D eigenvalue weighted by molar-refractivity contribution is 7.91. The second-order valence-corrected chi connectivity index (χ2v) is 12.1. The Labute approximate surface area is 199 Å². The van der Waals surface area contributed by atoms with Gasteiger partial charge in [-0.15, -0.1) is 0 Å². The van der Waals surface area contributed by atoms with Crippen molar-refractivity contribution in [2.45, 2.75) is 52.5 Å². The Hall–Kier alpha value is -2.87. The molecule has 1 saturated heterocycles. The van der Waals surface area contributed by atoms with Crippen molar-refractivity contribution in [3.63, 3.8) is 0 Å². The van der Waals surface area contributed by atoms with Crippen molar-refractivity contribution in [2.24, 2.45) is 5.92 Å². The van der Waals surface area contributed by atoms with Crippen LogP contribution in [0.15, 0.2) is 24.3 Å². The van der Waals surface area contributed by atoms with Crippen molar-refractivity contribution in [3.8, 4) is 0 Å². The first kappa shape index (κ1) is 22.9. The van der Waals surface area contributed by atoms with Crippen molar-refractivity contribution in [2.75, 3.05) is 18.1 Å². The number of aryl methyl sites for hydroxylation is 2. The number of carbonyl (C=O) groups is 2. The molecule has 0 radical (unpaired) electrons. The number of Topliss-reactive ketones (excluding diaryl/α,β-unsaturated/α-hetero) is 1. The number of ketones is 1. The second kappa shape index (κ2) is 8.41. The van der Waals surface area contributed by atoms with Crippen LogP contribution < -0.4 is 0 Å². The topological polar surface area (TPSA) is 98.2 Å². The van der Waals surface area contributed by atoms with Gasteiger partial charge in [0.1, 0.15) is 0 Å². The number of rotatable bonds is 5. The fraction of sp³-hybridized carbons (Fsp3) is 0.462. The maximum atomic E-state index is 12.9. The minimum Gasteiger partial charge on any atom is -0.454 e. The van der Waals surface area contributed by atoms with E-state index >= 15 is 0 Å². The third-order valence-electron chi connectivity index (χ3n) is 7.36. The Kier molecular flexibility index (Phi) is 5.67. The van der Waals surface area contributed by atoms with Crippen LogP contribution in [0.2, 0.25) is 0 Å². The molecule has 8 heteroatoms. The van der Waals surface area contributed by atoms with Crippen molar-refractivity contribution >= 4 is 32.5 Å². The molecule has 1 fully saturated rings. The number of benzene rings is 1. The van der Waals surface area contributed by atoms with Gasteiger partial charge in [-0.05, 0) is 75.3 Å². The molecule has 2 aromatic heterocycles. The normalized spacial score (nSPS) is 21.5. The van der Waals surface area contributed by atoms with Crippen LogP contribution in [0.4, 0.5) is 0 Å². The predicted octanol–water partition coefficient (Wildman–Crippen LogP) is 4.11. The number of hydrogen-bond acceptors (Lipinski definition) is 5. The molecule has 2 atom stereocenters. The SMILES string of the molecule is Cc1cc(C(=O)COC(=O)c2ccc3[nH]c4c(c3c2)CC(C)CC4)c(C)n1C1CCS(=O)(=O)C1. The average Bonchev–Trinajstić information content (AvgIpc) is 3.43. The van der Waals surface area contributed by atoms with Gasteiger partial charge in [0.15, 0.2) is 16.4 Å². The van der Waals surface area contributed by atoms with E-state index in [0.29, 0.717) is 23.5 Å². The summed E-state index contributed by atoms with van der Waals surface area (Å²) in [7, 11) is -3.04. The van der Waals surface area contributed by atoms with Gasteiger partial charge in [0.05, 0.1) is 17.1 Å². The minimum atomic E-state index is -3.04. The summed E-state index contributed by atoms with van der Waals surface area (Å²) in [4.78, 5) is 29.1. The highest BCUT2D eigenvalue weighted by atomic mass is 32.2. The van der Waals surface area contributed by atoms with Gasteiger partial charge in [-0.3, -0.25) is 4.79 Å². The van der Waals surface area contributed by atoms with E-state index in [-0.39, 0.29) is 29.9 Å². The van der Waals surface area contributed by atoms with Crippen LogP contribution in [0, 0.1) is 19.8 Å². The molecule has 5 rings (SSSR count). The lowest BCUT2D eigenvalue weighted by atomic mass is 9.87. The maximum Gasteiger partial charge on any atom is 0.338 e. The van der Waals surface area contributed by atoms with E-state index in [1.54, 1.807) is 12.1 Å². The van der Waals surface area contributed by atoms with Crippen LogP contribution in [-0.4, -0.2) is 47.8 Å². The van der Waals surface area contributed by atoms with Crippen molar-refractivity contribution < 1.29 is 22.7 Å². The molecular weight excluding hydrogens is 452 g/mol. The van der Waals surface area contributed by atoms with Crippen LogP contribution in [0.5, 0.6) is 0 Å². The quantitative estimate of drug-likeness (QED) is 0.436. The van der Waals surface area contributed by atoms with Gasteiger partial charge < -0.3 is 14.3 Å². The van der Waals surface area contributed by atoms with Crippen LogP contribution in [0.25, 0.3) is 10.9 Å². The van der Waals surface area contributed by atoms with E-state index in [0.717, 1.165) is 41.6 Å². The zero-order valence-corrected chi connectivity index (χ0v) is 20.6. The van der Waals surface area contributed by atoms with Crippen LogP contribution >= 0.6 is 0 Å². The van der Waals surface area contributed by atoms with Crippen molar-refractivity contribution in [1.29, 1.82) is 0 Å². The number of fused-ring (bicyclic) bond motifs is 3. The Bertz CT molecular complexity index is 1410. The molecule has 3 aromatic rings. The number of hydrogen-bond donors (Lipinski definition) is 1. The smallest absolute Gasteiger partial charge is 0.338 e. The van der Waals surface area contributed by atoms with E-state index in [9.17, 15) is 18.0 Å². The summed E-state index contributed by atoms with van der Waals surface area (Å²) in [6.07, 6.45) is 3.72. The fourth-order valence-corrected chi connectivity index (χ4v) is 7.31. The van der Waals surface area contributed by atoms with Gasteiger partial charge in [0, 0.05) is 39.6 Å². The standard InChI is InChI=1S/C26H30N2O5S/c1-15-4-6-23-21(10-15)22-12-18(5-7-24(22)27-23)26(30)33-13-25(29)20-11-16(2)28(17(20)3)19-8-9-34(31,32)14-19/h5,7,11-12,15,19,27H,4,6,8-10,13-14H2,1-3H3. The average molecular weight is 483 g/mol. The lowest BCUT2D eigenvalue weighted by molar-refractivity contribution is 0.0474. The molecule has 0 amide bonds. The third kappa shape index (κ3) is 4.08. The highest BCUT2D eigenvalue weighted by Gasteiger charge is 2.32. The molecule has 0 saturated carbocycles. The van der Waals surface area contributed by atoms with Gasteiger partial charge in [0.2, 0.25) is 5.78 Å². The summed E-state index contributed by atoms with van der Waals surface area (Å²) in [5.74, 6) is 0.0644. The number of carbonyl (C=O) groups excluding carboxylic acids is 2. The molecule has 2 unspecified atom stereocenters. The fourth-order valence-electron chi connectivity index (χ4n) is 5.61. The minimum absolute atomic E-state index is 0.0933. The molecule has 0 bridgehead atoms. The lowest BCUT2D eigenvalue weighted by Crippen LogP contribution is -2.17. The van der Waals surface area contributed by atoms with E-state index in [1.807, 2.05) is 30.5 Å². The summed E-state index contributed by atoms with van der Waals surface area (Å²) in [5, 5.41) is 1.05. The third-order valence-corrected chi connectivity index (χ3v) is 9.11.